The van der Waals surface area contributed by atoms with E-state index in [1.54, 1.807) is 17.5 Å². The molecule has 6 nitrogen and oxygen atoms in total. The molecule has 1 saturated heterocycles. The number of para-hydroxylation sites is 1. The summed E-state index contributed by atoms with van der Waals surface area (Å²) in [6.07, 6.45) is 5.01. The fourth-order valence-electron chi connectivity index (χ4n) is 4.52. The lowest BCUT2D eigenvalue weighted by atomic mass is 9.90. The zero-order chi connectivity index (χ0) is 22.2. The van der Waals surface area contributed by atoms with Gasteiger partial charge in [0.1, 0.15) is 5.02 Å². The number of halogens is 1. The molecular weight excluding hydrogens is 444 g/mol. The molecule has 0 N–H and O–H groups in total. The van der Waals surface area contributed by atoms with E-state index in [9.17, 15) is 9.59 Å². The largest absolute Gasteiger partial charge is 0.365 e. The molecule has 1 aliphatic heterocycles. The summed E-state index contributed by atoms with van der Waals surface area (Å²) in [5.41, 5.74) is 2.31. The van der Waals surface area contributed by atoms with E-state index in [0.29, 0.717) is 43.5 Å². The Labute approximate surface area is 196 Å². The molecule has 0 spiro atoms. The van der Waals surface area contributed by atoms with Crippen LogP contribution in [0.1, 0.15) is 33.5 Å². The molecule has 0 radical (unpaired) electrons. The van der Waals surface area contributed by atoms with Crippen LogP contribution in [0, 0.1) is 5.92 Å². The van der Waals surface area contributed by atoms with Crippen molar-refractivity contribution in [2.75, 3.05) is 31.1 Å². The topological polar surface area (TPSA) is 58.4 Å². The molecule has 3 aromatic rings. The van der Waals surface area contributed by atoms with Crippen LogP contribution in [0.15, 0.2) is 47.4 Å². The zero-order valence-corrected chi connectivity index (χ0v) is 19.5. The number of fused-ring (bicyclic) bond motifs is 1. The fourth-order valence-corrected chi connectivity index (χ4v) is 5.94. The summed E-state index contributed by atoms with van der Waals surface area (Å²) < 4.78 is 1.31. The molecule has 8 heteroatoms. The van der Waals surface area contributed by atoms with Crippen LogP contribution < -0.4 is 10.5 Å². The second-order valence-corrected chi connectivity index (χ2v) is 10.1. The SMILES string of the molecule is CC1CCc2sc(C(=O)N3CCN(c4cnn(-c5ccccc5)c(=O)c4Cl)CC3)cc2C1. The van der Waals surface area contributed by atoms with Crippen molar-refractivity contribution in [3.8, 4) is 5.69 Å². The summed E-state index contributed by atoms with van der Waals surface area (Å²) in [7, 11) is 0. The van der Waals surface area contributed by atoms with E-state index in [4.69, 9.17) is 11.6 Å². The third-order valence-corrected chi connectivity index (χ3v) is 7.93. The molecule has 1 aromatic carbocycles. The van der Waals surface area contributed by atoms with Gasteiger partial charge in [-0.3, -0.25) is 9.59 Å². The molecule has 3 heterocycles. The molecule has 2 aliphatic rings. The highest BCUT2D eigenvalue weighted by molar-refractivity contribution is 7.14. The molecule has 5 rings (SSSR count). The Morgan fingerprint density at radius 1 is 1.16 bits per heavy atom. The van der Waals surface area contributed by atoms with Gasteiger partial charge in [-0.2, -0.15) is 9.78 Å². The maximum atomic E-state index is 13.1. The Balaban J connectivity index is 1.28. The third-order valence-electron chi connectivity index (χ3n) is 6.35. The Bertz CT molecular complexity index is 1200. The lowest BCUT2D eigenvalue weighted by molar-refractivity contribution is 0.0751. The van der Waals surface area contributed by atoms with Gasteiger partial charge in [0, 0.05) is 31.1 Å². The number of hydrogen-bond donors (Lipinski definition) is 0. The molecule has 32 heavy (non-hydrogen) atoms. The summed E-state index contributed by atoms with van der Waals surface area (Å²) in [6.45, 7) is 4.69. The van der Waals surface area contributed by atoms with E-state index >= 15 is 0 Å². The average Bonchev–Trinajstić information content (AvgIpc) is 3.24. The van der Waals surface area contributed by atoms with Crippen LogP contribution in [0.4, 0.5) is 5.69 Å². The summed E-state index contributed by atoms with van der Waals surface area (Å²) in [5, 5.41) is 4.48. The molecule has 1 amide bonds. The van der Waals surface area contributed by atoms with Crippen molar-refractivity contribution in [2.45, 2.75) is 26.2 Å². The van der Waals surface area contributed by atoms with Crippen LogP contribution in [-0.2, 0) is 12.8 Å². The Morgan fingerprint density at radius 3 is 2.66 bits per heavy atom. The van der Waals surface area contributed by atoms with Gasteiger partial charge >= 0.3 is 0 Å². The smallest absolute Gasteiger partial charge is 0.292 e. The molecule has 166 valence electrons. The van der Waals surface area contributed by atoms with Gasteiger partial charge in [0.05, 0.1) is 22.4 Å². The van der Waals surface area contributed by atoms with E-state index in [1.807, 2.05) is 40.1 Å². The maximum Gasteiger partial charge on any atom is 0.292 e. The number of aryl methyl sites for hydroxylation is 1. The normalized spacial score (nSPS) is 18.5. The molecule has 2 aromatic heterocycles. The van der Waals surface area contributed by atoms with Crippen LogP contribution in [0.3, 0.4) is 0 Å². The number of benzene rings is 1. The fraction of sp³-hybridized carbons (Fsp3) is 0.375. The van der Waals surface area contributed by atoms with Crippen LogP contribution in [0.5, 0.6) is 0 Å². The van der Waals surface area contributed by atoms with E-state index in [0.717, 1.165) is 17.7 Å². The van der Waals surface area contributed by atoms with Crippen LogP contribution in [0.2, 0.25) is 5.02 Å². The van der Waals surface area contributed by atoms with E-state index < -0.39 is 0 Å². The molecule has 1 atom stereocenters. The van der Waals surface area contributed by atoms with Crippen molar-refractivity contribution in [2.24, 2.45) is 5.92 Å². The average molecular weight is 469 g/mol. The second kappa shape index (κ2) is 8.71. The lowest BCUT2D eigenvalue weighted by Crippen LogP contribution is -2.49. The predicted octanol–water partition coefficient (Wildman–Crippen LogP) is 4.03. The third kappa shape index (κ3) is 3.95. The van der Waals surface area contributed by atoms with Crippen molar-refractivity contribution < 1.29 is 4.79 Å². The number of hydrogen-bond acceptors (Lipinski definition) is 5. The first-order valence-electron chi connectivity index (χ1n) is 11.0. The Morgan fingerprint density at radius 2 is 1.91 bits per heavy atom. The minimum Gasteiger partial charge on any atom is -0.365 e. The molecular formula is C24H25ClN4O2S. The number of anilines is 1. The van der Waals surface area contributed by atoms with Gasteiger partial charge in [0.2, 0.25) is 0 Å². The Hall–Kier alpha value is -2.64. The van der Waals surface area contributed by atoms with E-state index in [-0.39, 0.29) is 16.5 Å². The highest BCUT2D eigenvalue weighted by Crippen LogP contribution is 2.33. The first-order chi connectivity index (χ1) is 15.5. The van der Waals surface area contributed by atoms with Gasteiger partial charge < -0.3 is 9.80 Å². The lowest BCUT2D eigenvalue weighted by Gasteiger charge is -2.36. The number of rotatable bonds is 3. The quantitative estimate of drug-likeness (QED) is 0.582. The van der Waals surface area contributed by atoms with E-state index in [1.165, 1.54) is 21.5 Å². The molecule has 0 bridgehead atoms. The molecule has 0 saturated carbocycles. The monoisotopic (exact) mass is 468 g/mol. The van der Waals surface area contributed by atoms with Crippen LogP contribution in [-0.4, -0.2) is 46.8 Å². The number of thiophene rings is 1. The minimum atomic E-state index is -0.340. The summed E-state index contributed by atoms with van der Waals surface area (Å²) in [5.74, 6) is 0.805. The minimum absolute atomic E-state index is 0.111. The van der Waals surface area contributed by atoms with Gasteiger partial charge in [-0.25, -0.2) is 0 Å². The first kappa shape index (κ1) is 21.2. The standard InChI is InChI=1S/C24H25ClN4O2S/c1-16-7-8-20-17(13-16)14-21(32-20)23(30)28-11-9-27(10-12-28)19-15-26-29(24(31)22(19)25)18-5-3-2-4-6-18/h2-6,14-16H,7-13H2,1H3. The van der Waals surface area contributed by atoms with Crippen molar-refractivity contribution in [3.63, 3.8) is 0 Å². The van der Waals surface area contributed by atoms with Gasteiger partial charge in [-0.05, 0) is 48.9 Å². The summed E-state index contributed by atoms with van der Waals surface area (Å²) >= 11 is 8.11. The Kier molecular flexibility index (Phi) is 5.78. The van der Waals surface area contributed by atoms with Gasteiger partial charge in [-0.15, -0.1) is 11.3 Å². The molecule has 1 unspecified atom stereocenters. The summed E-state index contributed by atoms with van der Waals surface area (Å²) in [6, 6.07) is 11.3. The van der Waals surface area contributed by atoms with Crippen molar-refractivity contribution in [3.05, 3.63) is 73.3 Å². The second-order valence-electron chi connectivity index (χ2n) is 8.58. The predicted molar refractivity (Wildman–Crippen MR) is 128 cm³/mol. The number of nitrogens with zero attached hydrogens (tertiary/aromatic N) is 4. The first-order valence-corrected chi connectivity index (χ1v) is 12.2. The van der Waals surface area contributed by atoms with E-state index in [2.05, 4.69) is 18.1 Å². The number of carbonyl (C=O) groups excluding carboxylic acids is 1. The maximum absolute atomic E-state index is 13.1. The van der Waals surface area contributed by atoms with Gasteiger partial charge in [-0.1, -0.05) is 36.7 Å². The highest BCUT2D eigenvalue weighted by Gasteiger charge is 2.27. The number of carbonyl (C=O) groups is 1. The van der Waals surface area contributed by atoms with Crippen LogP contribution >= 0.6 is 22.9 Å². The van der Waals surface area contributed by atoms with Crippen molar-refractivity contribution in [1.29, 1.82) is 0 Å². The van der Waals surface area contributed by atoms with Crippen LogP contribution in [0.25, 0.3) is 5.69 Å². The number of amides is 1. The molecule has 1 aliphatic carbocycles. The van der Waals surface area contributed by atoms with Gasteiger partial charge in [0.25, 0.3) is 11.5 Å². The van der Waals surface area contributed by atoms with Crippen molar-refractivity contribution >= 4 is 34.5 Å². The van der Waals surface area contributed by atoms with Crippen molar-refractivity contribution in [1.82, 2.24) is 14.7 Å². The summed E-state index contributed by atoms with van der Waals surface area (Å²) in [4.78, 5) is 32.1. The van der Waals surface area contributed by atoms with Gasteiger partial charge in [0.15, 0.2) is 0 Å². The molecule has 1 fully saturated rings. The number of piperazine rings is 1. The highest BCUT2D eigenvalue weighted by atomic mass is 35.5. The number of aromatic nitrogens is 2. The zero-order valence-electron chi connectivity index (χ0n) is 18.0.